The van der Waals surface area contributed by atoms with Gasteiger partial charge in [-0.25, -0.2) is 4.98 Å². The molecule has 0 aliphatic carbocycles. The van der Waals surface area contributed by atoms with E-state index in [9.17, 15) is 4.79 Å². The van der Waals surface area contributed by atoms with Crippen molar-refractivity contribution in [3.8, 4) is 0 Å². The number of carbonyl (C=O) groups excluding carboxylic acids is 1. The molecule has 1 N–H and O–H groups in total. The van der Waals surface area contributed by atoms with E-state index >= 15 is 0 Å². The molecule has 20 heavy (non-hydrogen) atoms. The summed E-state index contributed by atoms with van der Waals surface area (Å²) in [6.45, 7) is 8.07. The molecule has 110 valence electrons. The summed E-state index contributed by atoms with van der Waals surface area (Å²) in [6, 6.07) is 3.76. The smallest absolute Gasteiger partial charge is 0.254 e. The van der Waals surface area contributed by atoms with Crippen LogP contribution in [0, 0.1) is 0 Å². The molecule has 2 unspecified atom stereocenters. The fourth-order valence-electron chi connectivity index (χ4n) is 2.55. The number of aromatic nitrogens is 1. The Morgan fingerprint density at radius 1 is 1.40 bits per heavy atom. The average Bonchev–Trinajstić information content (AvgIpc) is 2.44. The second kappa shape index (κ2) is 6.48. The first kappa shape index (κ1) is 15.2. The summed E-state index contributed by atoms with van der Waals surface area (Å²) in [5.74, 6) is 0.887. The van der Waals surface area contributed by atoms with Crippen molar-refractivity contribution in [1.82, 2.24) is 9.88 Å². The molecule has 2 heterocycles. The molecule has 0 spiro atoms. The molecular weight excluding hydrogens is 270 g/mol. The number of nitrogens with zero attached hydrogens (tertiary/aromatic N) is 2. The minimum absolute atomic E-state index is 0.123. The first-order valence-corrected chi connectivity index (χ1v) is 8.11. The summed E-state index contributed by atoms with van der Waals surface area (Å²) in [6.07, 6.45) is 0.832. The third-order valence-electron chi connectivity index (χ3n) is 3.45. The van der Waals surface area contributed by atoms with Crippen LogP contribution in [0.2, 0.25) is 0 Å². The molecule has 1 saturated heterocycles. The minimum Gasteiger partial charge on any atom is -0.373 e. The van der Waals surface area contributed by atoms with Crippen molar-refractivity contribution in [2.45, 2.75) is 37.7 Å². The van der Waals surface area contributed by atoms with Crippen LogP contribution in [-0.4, -0.2) is 46.4 Å². The van der Waals surface area contributed by atoms with Gasteiger partial charge in [0, 0.05) is 41.9 Å². The molecule has 2 rings (SSSR count). The van der Waals surface area contributed by atoms with E-state index in [-0.39, 0.29) is 5.91 Å². The molecule has 1 aliphatic rings. The van der Waals surface area contributed by atoms with Crippen LogP contribution in [0.4, 0.5) is 5.82 Å². The molecule has 1 aliphatic heterocycles. The highest BCUT2D eigenvalue weighted by atomic mass is 32.2. The van der Waals surface area contributed by atoms with E-state index in [2.05, 4.69) is 31.1 Å². The molecule has 0 aromatic carbocycles. The number of pyridine rings is 1. The number of hydrogen-bond donors (Lipinski definition) is 1. The van der Waals surface area contributed by atoms with E-state index < -0.39 is 0 Å². The van der Waals surface area contributed by atoms with Crippen molar-refractivity contribution in [2.24, 2.45) is 0 Å². The molecule has 0 radical (unpaired) electrons. The van der Waals surface area contributed by atoms with Gasteiger partial charge in [0.2, 0.25) is 0 Å². The van der Waals surface area contributed by atoms with Gasteiger partial charge < -0.3 is 10.2 Å². The zero-order chi connectivity index (χ0) is 14.7. The molecule has 1 amide bonds. The highest BCUT2D eigenvalue weighted by Crippen LogP contribution is 2.26. The Kier molecular flexibility index (Phi) is 4.91. The standard InChI is InChI=1S/C15H23N3OS/c1-5-13-6-12(7-14(16-4)17-13)15(19)18-8-10(2)20-11(3)9-18/h6-7,10-11H,5,8-9H2,1-4H3,(H,16,17). The van der Waals surface area contributed by atoms with Crippen LogP contribution in [0.5, 0.6) is 0 Å². The normalized spacial score (nSPS) is 22.7. The number of hydrogen-bond acceptors (Lipinski definition) is 4. The molecule has 5 heteroatoms. The highest BCUT2D eigenvalue weighted by molar-refractivity contribution is 8.00. The first-order valence-electron chi connectivity index (χ1n) is 7.17. The number of aryl methyl sites for hydroxylation is 1. The summed E-state index contributed by atoms with van der Waals surface area (Å²) in [5.41, 5.74) is 1.69. The predicted octanol–water partition coefficient (Wildman–Crippen LogP) is 2.65. The first-order chi connectivity index (χ1) is 9.53. The number of amides is 1. The number of carbonyl (C=O) groups is 1. The predicted molar refractivity (Wildman–Crippen MR) is 85.6 cm³/mol. The summed E-state index contributed by atoms with van der Waals surface area (Å²) in [7, 11) is 1.83. The number of thioether (sulfide) groups is 1. The SMILES string of the molecule is CCc1cc(C(=O)N2CC(C)SC(C)C2)cc(NC)n1. The second-order valence-electron chi connectivity index (χ2n) is 5.30. The van der Waals surface area contributed by atoms with Gasteiger partial charge in [0.05, 0.1) is 0 Å². The van der Waals surface area contributed by atoms with E-state index in [0.29, 0.717) is 10.5 Å². The maximum Gasteiger partial charge on any atom is 0.254 e. The lowest BCUT2D eigenvalue weighted by atomic mass is 10.1. The van der Waals surface area contributed by atoms with E-state index in [1.807, 2.05) is 35.8 Å². The van der Waals surface area contributed by atoms with Gasteiger partial charge in [-0.15, -0.1) is 0 Å². The summed E-state index contributed by atoms with van der Waals surface area (Å²) in [4.78, 5) is 19.1. The van der Waals surface area contributed by atoms with Crippen LogP contribution < -0.4 is 5.32 Å². The van der Waals surface area contributed by atoms with Gasteiger partial charge in [0.15, 0.2) is 0 Å². The lowest BCUT2D eigenvalue weighted by Gasteiger charge is -2.34. The highest BCUT2D eigenvalue weighted by Gasteiger charge is 2.26. The monoisotopic (exact) mass is 293 g/mol. The Labute approximate surface area is 125 Å². The minimum atomic E-state index is 0.123. The van der Waals surface area contributed by atoms with Crippen molar-refractivity contribution in [1.29, 1.82) is 0 Å². The van der Waals surface area contributed by atoms with Crippen molar-refractivity contribution >= 4 is 23.5 Å². The van der Waals surface area contributed by atoms with Crippen LogP contribution in [0.15, 0.2) is 12.1 Å². The fourth-order valence-corrected chi connectivity index (χ4v) is 3.87. The van der Waals surface area contributed by atoms with Gasteiger partial charge in [0.1, 0.15) is 5.82 Å². The van der Waals surface area contributed by atoms with Gasteiger partial charge in [-0.2, -0.15) is 11.8 Å². The van der Waals surface area contributed by atoms with E-state index in [1.54, 1.807) is 0 Å². The Morgan fingerprint density at radius 3 is 2.60 bits per heavy atom. The van der Waals surface area contributed by atoms with Gasteiger partial charge in [0.25, 0.3) is 5.91 Å². The maximum absolute atomic E-state index is 12.7. The quantitative estimate of drug-likeness (QED) is 0.930. The van der Waals surface area contributed by atoms with Crippen molar-refractivity contribution < 1.29 is 4.79 Å². The maximum atomic E-state index is 12.7. The van der Waals surface area contributed by atoms with Gasteiger partial charge >= 0.3 is 0 Å². The van der Waals surface area contributed by atoms with Gasteiger partial charge in [-0.3, -0.25) is 4.79 Å². The van der Waals surface area contributed by atoms with Crippen molar-refractivity contribution in [2.75, 3.05) is 25.5 Å². The topological polar surface area (TPSA) is 45.2 Å². The summed E-state index contributed by atoms with van der Waals surface area (Å²) in [5, 5.41) is 4.03. The molecule has 0 saturated carbocycles. The Balaban J connectivity index is 2.23. The van der Waals surface area contributed by atoms with Crippen LogP contribution >= 0.6 is 11.8 Å². The molecule has 1 fully saturated rings. The lowest BCUT2D eigenvalue weighted by Crippen LogP contribution is -2.44. The summed E-state index contributed by atoms with van der Waals surface area (Å²) < 4.78 is 0. The van der Waals surface area contributed by atoms with Crippen molar-refractivity contribution in [3.05, 3.63) is 23.4 Å². The van der Waals surface area contributed by atoms with Crippen LogP contribution in [0.25, 0.3) is 0 Å². The molecule has 2 atom stereocenters. The van der Waals surface area contributed by atoms with E-state index in [4.69, 9.17) is 0 Å². The molecular formula is C15H23N3OS. The lowest BCUT2D eigenvalue weighted by molar-refractivity contribution is 0.0753. The third-order valence-corrected chi connectivity index (χ3v) is 4.68. The van der Waals surface area contributed by atoms with Crippen molar-refractivity contribution in [3.63, 3.8) is 0 Å². The fraction of sp³-hybridized carbons (Fsp3) is 0.600. The van der Waals surface area contributed by atoms with Gasteiger partial charge in [-0.05, 0) is 18.6 Å². The molecule has 0 bridgehead atoms. The third kappa shape index (κ3) is 3.45. The van der Waals surface area contributed by atoms with Crippen LogP contribution in [0.3, 0.4) is 0 Å². The number of nitrogens with one attached hydrogen (secondary N) is 1. The zero-order valence-electron chi connectivity index (χ0n) is 12.6. The molecule has 1 aromatic heterocycles. The zero-order valence-corrected chi connectivity index (χ0v) is 13.5. The van der Waals surface area contributed by atoms with Crippen LogP contribution in [0.1, 0.15) is 36.8 Å². The Bertz CT molecular complexity index is 460. The van der Waals surface area contributed by atoms with E-state index in [1.165, 1.54) is 0 Å². The largest absolute Gasteiger partial charge is 0.373 e. The summed E-state index contributed by atoms with van der Waals surface area (Å²) >= 11 is 1.95. The number of anilines is 1. The van der Waals surface area contributed by atoms with Crippen LogP contribution in [-0.2, 0) is 6.42 Å². The Hall–Kier alpha value is -1.23. The number of rotatable bonds is 3. The van der Waals surface area contributed by atoms with Gasteiger partial charge in [-0.1, -0.05) is 20.8 Å². The second-order valence-corrected chi connectivity index (χ2v) is 7.19. The Morgan fingerprint density at radius 2 is 2.05 bits per heavy atom. The molecule has 4 nitrogen and oxygen atoms in total. The molecule has 1 aromatic rings. The van der Waals surface area contributed by atoms with E-state index in [0.717, 1.165) is 36.6 Å². The average molecular weight is 293 g/mol.